The van der Waals surface area contributed by atoms with Crippen LogP contribution in [-0.2, 0) is 9.59 Å². The minimum Gasteiger partial charge on any atom is -0.477 e. The van der Waals surface area contributed by atoms with E-state index in [4.69, 9.17) is 0 Å². The molecule has 4 atom stereocenters. The molecule has 1 fully saturated rings. The van der Waals surface area contributed by atoms with E-state index in [-0.39, 0.29) is 12.3 Å². The lowest BCUT2D eigenvalue weighted by Gasteiger charge is -2.46. The first kappa shape index (κ1) is 16.4. The molecule has 0 radical (unpaired) electrons. The molecular weight excluding hydrogens is 342 g/mol. The Labute approximate surface area is 139 Å². The van der Waals surface area contributed by atoms with Gasteiger partial charge in [-0.1, -0.05) is 23.1 Å². The van der Waals surface area contributed by atoms with Gasteiger partial charge in [-0.25, -0.2) is 4.79 Å². The third-order valence-corrected chi connectivity index (χ3v) is 6.11. The van der Waals surface area contributed by atoms with Gasteiger partial charge in [0.2, 0.25) is 5.91 Å². The fourth-order valence-electron chi connectivity index (χ4n) is 3.25. The summed E-state index contributed by atoms with van der Waals surface area (Å²) in [6, 6.07) is -0.497. The molecule has 1 amide bonds. The number of fused-ring (bicyclic) bond motifs is 1. The maximum absolute atomic E-state index is 12.2. The van der Waals surface area contributed by atoms with E-state index in [1.807, 2.05) is 0 Å². The molecule has 2 aliphatic rings. The van der Waals surface area contributed by atoms with Gasteiger partial charge < -0.3 is 20.2 Å². The van der Waals surface area contributed by atoms with Gasteiger partial charge in [0.25, 0.3) is 0 Å². The van der Waals surface area contributed by atoms with Crippen molar-refractivity contribution in [2.24, 2.45) is 11.8 Å². The highest BCUT2D eigenvalue weighted by Gasteiger charge is 2.60. The molecule has 124 valence electrons. The quantitative estimate of drug-likeness (QED) is 0.472. The molecule has 23 heavy (non-hydrogen) atoms. The lowest BCUT2D eigenvalue weighted by Crippen LogP contribution is -2.64. The monoisotopic (exact) mass is 357 g/mol. The van der Waals surface area contributed by atoms with Crippen LogP contribution in [0.15, 0.2) is 21.1 Å². The lowest BCUT2D eigenvalue weighted by atomic mass is 9.77. The summed E-state index contributed by atoms with van der Waals surface area (Å²) in [5.41, 5.74) is 2.00. The Morgan fingerprint density at radius 3 is 2.83 bits per heavy atom. The van der Waals surface area contributed by atoms with Crippen molar-refractivity contribution in [3.63, 3.8) is 0 Å². The van der Waals surface area contributed by atoms with Crippen molar-refractivity contribution in [3.8, 4) is 0 Å². The van der Waals surface area contributed by atoms with Crippen LogP contribution in [0.4, 0.5) is 0 Å². The number of aliphatic carboxylic acids is 1. The predicted molar refractivity (Wildman–Crippen MR) is 81.7 cm³/mol. The number of rotatable bonds is 6. The van der Waals surface area contributed by atoms with Crippen molar-refractivity contribution in [1.29, 1.82) is 0 Å². The number of carbonyl (C=O) groups is 2. The Morgan fingerprint density at radius 1 is 1.57 bits per heavy atom. The smallest absolute Gasteiger partial charge is 0.352 e. The number of aliphatic hydroxyl groups excluding tert-OH is 2. The number of thioether (sulfide) groups is 1. The highest BCUT2D eigenvalue weighted by atomic mass is 32.2. The van der Waals surface area contributed by atoms with E-state index in [0.29, 0.717) is 15.7 Å². The van der Waals surface area contributed by atoms with E-state index in [0.717, 1.165) is 0 Å². The first-order valence-corrected chi connectivity index (χ1v) is 8.81. The van der Waals surface area contributed by atoms with Gasteiger partial charge in [0.1, 0.15) is 11.2 Å². The van der Waals surface area contributed by atoms with Crippen LogP contribution in [0, 0.1) is 11.8 Å². The minimum atomic E-state index is -1.20. The SMILES string of the molecule is C[C@@H](O)[C@H]1C(=O)N2C(C(=O)O)=C(CSc3nncs3)[C@@H](CO)[C@@H]12. The van der Waals surface area contributed by atoms with Gasteiger partial charge in [0, 0.05) is 11.7 Å². The summed E-state index contributed by atoms with van der Waals surface area (Å²) in [6.07, 6.45) is -0.886. The van der Waals surface area contributed by atoms with Crippen LogP contribution in [0.1, 0.15) is 6.92 Å². The summed E-state index contributed by atoms with van der Waals surface area (Å²) in [4.78, 5) is 25.0. The lowest BCUT2D eigenvalue weighted by molar-refractivity contribution is -0.164. The van der Waals surface area contributed by atoms with E-state index >= 15 is 0 Å². The summed E-state index contributed by atoms with van der Waals surface area (Å²) >= 11 is 2.66. The molecule has 1 aromatic rings. The first-order valence-electron chi connectivity index (χ1n) is 6.94. The van der Waals surface area contributed by atoms with Crippen LogP contribution in [0.25, 0.3) is 0 Å². The molecule has 10 heteroatoms. The number of aliphatic hydroxyl groups is 2. The molecule has 3 N–H and O–H groups in total. The second-order valence-electron chi connectivity index (χ2n) is 5.43. The molecule has 3 heterocycles. The number of aromatic nitrogens is 2. The molecule has 2 aliphatic heterocycles. The number of carbonyl (C=O) groups excluding carboxylic acids is 1. The van der Waals surface area contributed by atoms with Crippen molar-refractivity contribution < 1.29 is 24.9 Å². The van der Waals surface area contributed by atoms with Crippen molar-refractivity contribution in [3.05, 3.63) is 16.8 Å². The molecule has 0 aliphatic carbocycles. The van der Waals surface area contributed by atoms with Gasteiger partial charge in [-0.15, -0.1) is 10.2 Å². The zero-order valence-corrected chi connectivity index (χ0v) is 13.8. The van der Waals surface area contributed by atoms with E-state index < -0.39 is 35.9 Å². The second kappa shape index (κ2) is 6.19. The number of carboxylic acid groups (broad SMARTS) is 1. The van der Waals surface area contributed by atoms with E-state index in [9.17, 15) is 24.9 Å². The third kappa shape index (κ3) is 2.55. The third-order valence-electron chi connectivity index (χ3n) is 4.20. The molecule has 0 saturated carbocycles. The molecular formula is C13H15N3O5S2. The number of nitrogens with zero attached hydrogens (tertiary/aromatic N) is 3. The number of amides is 1. The Balaban J connectivity index is 1.91. The highest BCUT2D eigenvalue weighted by molar-refractivity contribution is 8.01. The van der Waals surface area contributed by atoms with E-state index in [1.165, 1.54) is 34.9 Å². The van der Waals surface area contributed by atoms with Gasteiger partial charge in [0.15, 0.2) is 4.34 Å². The molecule has 8 nitrogen and oxygen atoms in total. The van der Waals surface area contributed by atoms with Crippen molar-refractivity contribution in [1.82, 2.24) is 15.1 Å². The van der Waals surface area contributed by atoms with E-state index in [1.54, 1.807) is 5.51 Å². The fraction of sp³-hybridized carbons (Fsp3) is 0.538. The predicted octanol–water partition coefficient (Wildman–Crippen LogP) is -0.201. The Kier molecular flexibility index (Phi) is 4.41. The topological polar surface area (TPSA) is 124 Å². The average Bonchev–Trinajstić information content (AvgIpc) is 3.08. The molecule has 0 unspecified atom stereocenters. The summed E-state index contributed by atoms with van der Waals surface area (Å²) < 4.78 is 0.687. The fourth-order valence-corrected chi connectivity index (χ4v) is 4.84. The molecule has 0 aromatic carbocycles. The van der Waals surface area contributed by atoms with Crippen LogP contribution in [0.3, 0.4) is 0 Å². The van der Waals surface area contributed by atoms with Crippen LogP contribution in [0.2, 0.25) is 0 Å². The first-order chi connectivity index (χ1) is 11.0. The van der Waals surface area contributed by atoms with Crippen molar-refractivity contribution in [2.45, 2.75) is 23.4 Å². The second-order valence-corrected chi connectivity index (χ2v) is 7.48. The molecule has 1 saturated heterocycles. The summed E-state index contributed by atoms with van der Waals surface area (Å²) in [6.45, 7) is 1.23. The molecule has 3 rings (SSSR count). The van der Waals surface area contributed by atoms with Crippen LogP contribution >= 0.6 is 23.1 Å². The molecule has 0 spiro atoms. The zero-order valence-electron chi connectivity index (χ0n) is 12.1. The summed E-state index contributed by atoms with van der Waals surface area (Å²) in [5.74, 6) is -2.47. The summed E-state index contributed by atoms with van der Waals surface area (Å²) in [7, 11) is 0. The Bertz CT molecular complexity index is 661. The maximum atomic E-state index is 12.2. The molecule has 1 aromatic heterocycles. The normalized spacial score (nSPS) is 27.9. The number of hydrogen-bond acceptors (Lipinski definition) is 8. The van der Waals surface area contributed by atoms with Crippen LogP contribution in [0.5, 0.6) is 0 Å². The van der Waals surface area contributed by atoms with Gasteiger partial charge in [-0.3, -0.25) is 4.79 Å². The maximum Gasteiger partial charge on any atom is 0.352 e. The van der Waals surface area contributed by atoms with Crippen molar-refractivity contribution in [2.75, 3.05) is 12.4 Å². The zero-order chi connectivity index (χ0) is 16.7. The largest absolute Gasteiger partial charge is 0.477 e. The van der Waals surface area contributed by atoms with Gasteiger partial charge in [-0.05, 0) is 12.5 Å². The van der Waals surface area contributed by atoms with E-state index in [2.05, 4.69) is 10.2 Å². The number of carboxylic acids is 1. The Morgan fingerprint density at radius 2 is 2.30 bits per heavy atom. The molecule has 0 bridgehead atoms. The number of β-lactam (4-membered cyclic amide) rings is 1. The van der Waals surface area contributed by atoms with Gasteiger partial charge >= 0.3 is 5.97 Å². The van der Waals surface area contributed by atoms with Crippen LogP contribution in [-0.4, -0.2) is 66.8 Å². The van der Waals surface area contributed by atoms with Crippen molar-refractivity contribution >= 4 is 35.0 Å². The Hall–Kier alpha value is -1.49. The minimum absolute atomic E-state index is 0.0760. The van der Waals surface area contributed by atoms with Gasteiger partial charge in [-0.2, -0.15) is 0 Å². The summed E-state index contributed by atoms with van der Waals surface area (Å²) in [5, 5.41) is 36.6. The number of hydrogen-bond donors (Lipinski definition) is 3. The van der Waals surface area contributed by atoms with Crippen LogP contribution < -0.4 is 0 Å². The average molecular weight is 357 g/mol. The van der Waals surface area contributed by atoms with Gasteiger partial charge in [0.05, 0.1) is 24.7 Å². The highest BCUT2D eigenvalue weighted by Crippen LogP contribution is 2.48. The standard InChI is InChI=1S/C13H15N3O5S2/c1-5(18)8-9-6(2-17)7(3-22-13-15-14-4-23-13)10(12(20)21)16(9)11(8)19/h4-6,8-9,17-18H,2-3H2,1H3,(H,20,21)/t5-,6-,8-,9+/m1/s1.